The van der Waals surface area contributed by atoms with Crippen molar-refractivity contribution >= 4 is 28.3 Å². The molecule has 0 bridgehead atoms. The number of hydrogen-bond acceptors (Lipinski definition) is 7. The molecule has 1 aliphatic heterocycles. The number of fused-ring (bicyclic) bond motifs is 1. The molecule has 0 aromatic carbocycles. The van der Waals surface area contributed by atoms with Crippen LogP contribution < -0.4 is 4.90 Å². The molecule has 1 saturated heterocycles. The first-order valence-corrected chi connectivity index (χ1v) is 9.16. The Labute approximate surface area is 147 Å². The second-order valence-electron chi connectivity index (χ2n) is 6.11. The number of imidazole rings is 1. The number of anilines is 1. The summed E-state index contributed by atoms with van der Waals surface area (Å²) in [5.74, 6) is 0.929. The Bertz CT molecular complexity index is 981. The van der Waals surface area contributed by atoms with Crippen molar-refractivity contribution in [2.45, 2.75) is 18.9 Å². The van der Waals surface area contributed by atoms with Crippen molar-refractivity contribution in [1.82, 2.24) is 34.9 Å². The Morgan fingerprint density at radius 3 is 2.92 bits per heavy atom. The van der Waals surface area contributed by atoms with Crippen LogP contribution in [0.4, 0.5) is 5.82 Å². The Morgan fingerprint density at radius 2 is 2.08 bits per heavy atom. The first-order valence-electron chi connectivity index (χ1n) is 8.22. The lowest BCUT2D eigenvalue weighted by Gasteiger charge is -2.32. The smallest absolute Gasteiger partial charge is 0.182 e. The Morgan fingerprint density at radius 1 is 1.16 bits per heavy atom. The molecular weight excluding hydrogens is 336 g/mol. The molecule has 9 heteroatoms. The fourth-order valence-electron chi connectivity index (χ4n) is 3.33. The van der Waals surface area contributed by atoms with Crippen LogP contribution in [0.1, 0.15) is 18.9 Å². The molecule has 4 aromatic rings. The Kier molecular flexibility index (Phi) is 3.44. The Hall–Kier alpha value is -2.81. The minimum absolute atomic E-state index is 0.371. The van der Waals surface area contributed by atoms with Gasteiger partial charge in [0.2, 0.25) is 0 Å². The van der Waals surface area contributed by atoms with Crippen LogP contribution in [0.3, 0.4) is 0 Å². The van der Waals surface area contributed by atoms with Crippen LogP contribution >= 0.6 is 11.3 Å². The van der Waals surface area contributed by atoms with Crippen molar-refractivity contribution in [3.63, 3.8) is 0 Å². The molecule has 0 radical (unpaired) electrons. The summed E-state index contributed by atoms with van der Waals surface area (Å²) in [4.78, 5) is 18.3. The van der Waals surface area contributed by atoms with Gasteiger partial charge in [-0.25, -0.2) is 19.6 Å². The van der Waals surface area contributed by atoms with Gasteiger partial charge in [-0.05, 0) is 24.3 Å². The van der Waals surface area contributed by atoms with E-state index in [4.69, 9.17) is 0 Å². The maximum atomic E-state index is 4.45. The maximum absolute atomic E-state index is 4.45. The number of piperidine rings is 1. The molecule has 0 amide bonds. The van der Waals surface area contributed by atoms with E-state index in [0.717, 1.165) is 48.5 Å². The van der Waals surface area contributed by atoms with Gasteiger partial charge >= 0.3 is 0 Å². The summed E-state index contributed by atoms with van der Waals surface area (Å²) in [6.07, 6.45) is 7.31. The van der Waals surface area contributed by atoms with Crippen molar-refractivity contribution in [1.29, 1.82) is 0 Å². The molecule has 0 spiro atoms. The van der Waals surface area contributed by atoms with Gasteiger partial charge in [-0.2, -0.15) is 11.3 Å². The highest BCUT2D eigenvalue weighted by Gasteiger charge is 2.24. The van der Waals surface area contributed by atoms with E-state index in [9.17, 15) is 0 Å². The van der Waals surface area contributed by atoms with Crippen molar-refractivity contribution in [2.24, 2.45) is 0 Å². The molecule has 5 heterocycles. The normalized spacial score (nSPS) is 15.9. The molecule has 5 rings (SSSR count). The lowest BCUT2D eigenvalue weighted by molar-refractivity contribution is 0.359. The number of aromatic amines is 1. The fraction of sp³-hybridized carbons (Fsp3) is 0.312. The quantitative estimate of drug-likeness (QED) is 0.609. The summed E-state index contributed by atoms with van der Waals surface area (Å²) in [6, 6.07) is 2.45. The lowest BCUT2D eigenvalue weighted by Crippen LogP contribution is -2.35. The van der Waals surface area contributed by atoms with Gasteiger partial charge in [-0.3, -0.25) is 0 Å². The van der Waals surface area contributed by atoms with Crippen LogP contribution in [0.25, 0.3) is 22.4 Å². The van der Waals surface area contributed by atoms with Gasteiger partial charge in [0, 0.05) is 24.0 Å². The number of H-pyrrole nitrogens is 1. The highest BCUT2D eigenvalue weighted by Crippen LogP contribution is 2.28. The van der Waals surface area contributed by atoms with Gasteiger partial charge in [0.1, 0.15) is 17.5 Å². The fourth-order valence-corrected chi connectivity index (χ4v) is 3.98. The van der Waals surface area contributed by atoms with Gasteiger partial charge in [0.15, 0.2) is 11.5 Å². The van der Waals surface area contributed by atoms with Crippen LogP contribution in [-0.2, 0) is 0 Å². The van der Waals surface area contributed by atoms with E-state index < -0.39 is 0 Å². The van der Waals surface area contributed by atoms with Crippen molar-refractivity contribution in [3.8, 4) is 11.3 Å². The Balaban J connectivity index is 1.32. The van der Waals surface area contributed by atoms with Gasteiger partial charge in [-0.15, -0.1) is 5.10 Å². The second kappa shape index (κ2) is 5.92. The van der Waals surface area contributed by atoms with E-state index in [2.05, 4.69) is 58.2 Å². The average Bonchev–Trinajstić information content (AvgIpc) is 3.42. The lowest BCUT2D eigenvalue weighted by atomic mass is 10.1. The van der Waals surface area contributed by atoms with Crippen molar-refractivity contribution in [3.05, 3.63) is 35.7 Å². The van der Waals surface area contributed by atoms with E-state index in [0.29, 0.717) is 11.7 Å². The first-order chi connectivity index (χ1) is 12.4. The summed E-state index contributed by atoms with van der Waals surface area (Å²) in [6.45, 7) is 1.84. The highest BCUT2D eigenvalue weighted by atomic mass is 32.1. The molecule has 0 unspecified atom stereocenters. The number of aromatic nitrogens is 7. The van der Waals surface area contributed by atoms with Gasteiger partial charge < -0.3 is 9.88 Å². The van der Waals surface area contributed by atoms with Crippen LogP contribution in [0, 0.1) is 0 Å². The third-order valence-electron chi connectivity index (χ3n) is 4.67. The number of hydrogen-bond donors (Lipinski definition) is 1. The third kappa shape index (κ3) is 2.56. The minimum Gasteiger partial charge on any atom is -0.355 e. The molecule has 1 N–H and O–H groups in total. The monoisotopic (exact) mass is 352 g/mol. The third-order valence-corrected chi connectivity index (χ3v) is 5.35. The highest BCUT2D eigenvalue weighted by molar-refractivity contribution is 7.08. The predicted octanol–water partition coefficient (Wildman–Crippen LogP) is 2.51. The molecule has 0 aliphatic carbocycles. The zero-order valence-corrected chi connectivity index (χ0v) is 14.2. The van der Waals surface area contributed by atoms with Crippen molar-refractivity contribution in [2.75, 3.05) is 18.0 Å². The molecule has 8 nitrogen and oxygen atoms in total. The molecular formula is C16H16N8S. The standard InChI is InChI=1S/C16H16N8S/c1-4-23(16-14-15(18-9-17-14)19-10-20-16)5-2-12(1)24-7-13(21-22-24)11-3-6-25-8-11/h3,6-10,12H,1-2,4-5H2,(H,17,18,19,20). The molecule has 25 heavy (non-hydrogen) atoms. The zero-order valence-electron chi connectivity index (χ0n) is 13.4. The minimum atomic E-state index is 0.371. The largest absolute Gasteiger partial charge is 0.355 e. The number of rotatable bonds is 3. The first kappa shape index (κ1) is 14.5. The van der Waals surface area contributed by atoms with E-state index in [-0.39, 0.29) is 0 Å². The van der Waals surface area contributed by atoms with E-state index in [1.54, 1.807) is 24.0 Å². The molecule has 0 saturated carbocycles. The predicted molar refractivity (Wildman–Crippen MR) is 95.5 cm³/mol. The number of thiophene rings is 1. The maximum Gasteiger partial charge on any atom is 0.182 e. The van der Waals surface area contributed by atoms with E-state index in [1.807, 2.05) is 4.68 Å². The van der Waals surface area contributed by atoms with Gasteiger partial charge in [-0.1, -0.05) is 5.21 Å². The molecule has 1 aliphatic rings. The van der Waals surface area contributed by atoms with E-state index >= 15 is 0 Å². The number of nitrogens with one attached hydrogen (secondary N) is 1. The summed E-state index contributed by atoms with van der Waals surface area (Å²) in [5, 5.41) is 12.8. The van der Waals surface area contributed by atoms with Crippen molar-refractivity contribution < 1.29 is 0 Å². The summed E-state index contributed by atoms with van der Waals surface area (Å²) in [5.41, 5.74) is 3.69. The topological polar surface area (TPSA) is 88.4 Å². The van der Waals surface area contributed by atoms with E-state index in [1.165, 1.54) is 0 Å². The van der Waals surface area contributed by atoms with Crippen LogP contribution in [-0.4, -0.2) is 48.0 Å². The summed E-state index contributed by atoms with van der Waals surface area (Å²) < 4.78 is 2.01. The van der Waals surface area contributed by atoms with Crippen LogP contribution in [0.15, 0.2) is 35.7 Å². The molecule has 4 aromatic heterocycles. The van der Waals surface area contributed by atoms with Crippen LogP contribution in [0.5, 0.6) is 0 Å². The van der Waals surface area contributed by atoms with Gasteiger partial charge in [0.05, 0.1) is 18.6 Å². The molecule has 126 valence electrons. The SMILES string of the molecule is c1nc(N2CCC(n3cc(-c4ccsc4)nn3)CC2)c2[nH]cnc2n1. The molecule has 1 fully saturated rings. The second-order valence-corrected chi connectivity index (χ2v) is 6.89. The number of nitrogens with zero attached hydrogens (tertiary/aromatic N) is 7. The van der Waals surface area contributed by atoms with Crippen LogP contribution in [0.2, 0.25) is 0 Å². The van der Waals surface area contributed by atoms with Gasteiger partial charge in [0.25, 0.3) is 0 Å². The average molecular weight is 352 g/mol. The summed E-state index contributed by atoms with van der Waals surface area (Å²) in [7, 11) is 0. The molecule has 0 atom stereocenters. The summed E-state index contributed by atoms with van der Waals surface area (Å²) >= 11 is 1.67. The zero-order chi connectivity index (χ0) is 16.6.